The highest BCUT2D eigenvalue weighted by molar-refractivity contribution is 5.97. The van der Waals surface area contributed by atoms with Crippen LogP contribution in [0.15, 0.2) is 237 Å². The molecule has 0 amide bonds. The third-order valence-electron chi connectivity index (χ3n) is 14.8. The fraction of sp³-hybridized carbons (Fsp3) is 0.0625. The maximum atomic E-state index is 2.52. The Morgan fingerprint density at radius 1 is 0.246 bits per heavy atom. The van der Waals surface area contributed by atoms with Gasteiger partial charge in [-0.25, -0.2) is 0 Å². The van der Waals surface area contributed by atoms with E-state index in [1.54, 1.807) is 0 Å². The Balaban J connectivity index is 1.09. The lowest BCUT2D eigenvalue weighted by atomic mass is 9.67. The smallest absolute Gasteiger partial charge is 0.0726 e. The molecule has 0 aliphatic heterocycles. The Morgan fingerprint density at radius 2 is 0.569 bits per heavy atom. The van der Waals surface area contributed by atoms with Crippen molar-refractivity contribution in [2.45, 2.75) is 24.7 Å². The van der Waals surface area contributed by atoms with E-state index in [4.69, 9.17) is 0 Å². The van der Waals surface area contributed by atoms with Crippen molar-refractivity contribution < 1.29 is 0 Å². The molecule has 306 valence electrons. The van der Waals surface area contributed by atoms with Gasteiger partial charge in [0.2, 0.25) is 0 Å². The minimum absolute atomic E-state index is 0.458. The van der Waals surface area contributed by atoms with Crippen LogP contribution in [0.3, 0.4) is 0 Å². The van der Waals surface area contributed by atoms with Gasteiger partial charge in [-0.1, -0.05) is 200 Å². The molecule has 0 bridgehead atoms. The van der Waals surface area contributed by atoms with Gasteiger partial charge < -0.3 is 4.90 Å². The molecule has 1 heteroatoms. The van der Waals surface area contributed by atoms with E-state index >= 15 is 0 Å². The van der Waals surface area contributed by atoms with Crippen LogP contribution in [-0.2, 0) is 10.8 Å². The van der Waals surface area contributed by atoms with Gasteiger partial charge >= 0.3 is 0 Å². The van der Waals surface area contributed by atoms with Crippen LogP contribution >= 0.6 is 0 Å². The van der Waals surface area contributed by atoms with Gasteiger partial charge in [0, 0.05) is 17.1 Å². The van der Waals surface area contributed by atoms with Crippen LogP contribution in [0, 0.1) is 13.8 Å². The molecule has 65 heavy (non-hydrogen) atoms. The number of rotatable bonds is 6. The van der Waals surface area contributed by atoms with Crippen LogP contribution in [0.1, 0.15) is 55.6 Å². The quantitative estimate of drug-likeness (QED) is 0.161. The van der Waals surface area contributed by atoms with Crippen molar-refractivity contribution in [1.82, 2.24) is 0 Å². The fourth-order valence-corrected chi connectivity index (χ4v) is 12.2. The van der Waals surface area contributed by atoms with Crippen LogP contribution in [-0.4, -0.2) is 0 Å². The Hall–Kier alpha value is -8.00. The summed E-state index contributed by atoms with van der Waals surface area (Å²) in [6.07, 6.45) is 0. The van der Waals surface area contributed by atoms with E-state index in [1.165, 1.54) is 100 Å². The molecular weight excluding hydrogens is 783 g/mol. The molecule has 0 heterocycles. The van der Waals surface area contributed by atoms with Crippen molar-refractivity contribution in [2.75, 3.05) is 4.90 Å². The normalized spacial score (nSPS) is 13.9. The summed E-state index contributed by atoms with van der Waals surface area (Å²) in [7, 11) is 0. The number of benzene rings is 10. The predicted molar refractivity (Wildman–Crippen MR) is 270 cm³/mol. The molecule has 0 saturated heterocycles. The van der Waals surface area contributed by atoms with Crippen LogP contribution < -0.4 is 4.90 Å². The van der Waals surface area contributed by atoms with E-state index in [0.29, 0.717) is 0 Å². The van der Waals surface area contributed by atoms with Crippen LogP contribution in [0.5, 0.6) is 0 Å². The number of hydrogen-bond donors (Lipinski definition) is 0. The van der Waals surface area contributed by atoms with Gasteiger partial charge in [-0.05, 0) is 150 Å². The maximum absolute atomic E-state index is 2.52. The van der Waals surface area contributed by atoms with Gasteiger partial charge in [0.15, 0.2) is 0 Å². The number of anilines is 3. The topological polar surface area (TPSA) is 3.24 Å². The highest BCUT2D eigenvalue weighted by Gasteiger charge is 2.52. The summed E-state index contributed by atoms with van der Waals surface area (Å²) in [5, 5.41) is 0. The van der Waals surface area contributed by atoms with E-state index in [9.17, 15) is 0 Å². The Labute approximate surface area is 381 Å². The molecule has 0 radical (unpaired) electrons. The zero-order chi connectivity index (χ0) is 43.3. The molecule has 10 aromatic rings. The highest BCUT2D eigenvalue weighted by atomic mass is 15.1. The molecule has 3 aliphatic rings. The number of fused-ring (bicyclic) bond motifs is 13. The van der Waals surface area contributed by atoms with E-state index in [2.05, 4.69) is 255 Å². The van der Waals surface area contributed by atoms with Crippen molar-refractivity contribution >= 4 is 17.1 Å². The standard InChI is InChI=1S/C64H45N/c1-42-19-9-10-24-49(42)50-36-33-46(39-43(50)2)65(47-34-37-55-53-27-11-15-29-57(53)63(61(55)40-47,44-20-5-3-6-21-44)45-22-7-4-8-23-45)48-35-38-56-54-28-14-18-32-60(54)64(62(56)41-48)58-30-16-12-25-51(58)52-26-13-17-31-59(52)64/h3-41H,1-2H3. The van der Waals surface area contributed by atoms with E-state index in [1.807, 2.05) is 0 Å². The molecule has 0 aromatic heterocycles. The average Bonchev–Trinajstić information content (AvgIpc) is 3.95. The molecular formula is C64H45N. The van der Waals surface area contributed by atoms with Crippen LogP contribution in [0.25, 0.3) is 44.5 Å². The largest absolute Gasteiger partial charge is 0.310 e. The minimum Gasteiger partial charge on any atom is -0.310 e. The van der Waals surface area contributed by atoms with Gasteiger partial charge in [0.1, 0.15) is 0 Å². The molecule has 0 N–H and O–H groups in total. The lowest BCUT2D eigenvalue weighted by Gasteiger charge is -2.35. The Bertz CT molecular complexity index is 3320. The SMILES string of the molecule is Cc1ccccc1-c1ccc(N(c2ccc3c(c2)C(c2ccccc2)(c2ccccc2)c2ccccc2-3)c2ccc3c(c2)C2(c4ccccc4-c4ccccc42)c2ccccc2-3)cc1C. The van der Waals surface area contributed by atoms with E-state index in [-0.39, 0.29) is 0 Å². The summed E-state index contributed by atoms with van der Waals surface area (Å²) < 4.78 is 0. The van der Waals surface area contributed by atoms with Crippen LogP contribution in [0.2, 0.25) is 0 Å². The molecule has 13 rings (SSSR count). The Kier molecular flexibility index (Phi) is 8.24. The first kappa shape index (κ1) is 37.5. The Morgan fingerprint density at radius 3 is 1.02 bits per heavy atom. The third kappa shape index (κ3) is 5.15. The summed E-state index contributed by atoms with van der Waals surface area (Å²) in [6, 6.07) is 88.8. The summed E-state index contributed by atoms with van der Waals surface area (Å²) >= 11 is 0. The van der Waals surface area contributed by atoms with Crippen molar-refractivity contribution in [2.24, 2.45) is 0 Å². The lowest BCUT2D eigenvalue weighted by Crippen LogP contribution is -2.28. The van der Waals surface area contributed by atoms with Crippen molar-refractivity contribution in [3.63, 3.8) is 0 Å². The second-order valence-corrected chi connectivity index (χ2v) is 18.0. The average molecular weight is 828 g/mol. The number of aryl methyl sites for hydroxylation is 2. The van der Waals surface area contributed by atoms with Gasteiger partial charge in [0.05, 0.1) is 10.8 Å². The summed E-state index contributed by atoms with van der Waals surface area (Å²) in [6.45, 7) is 4.47. The second-order valence-electron chi connectivity index (χ2n) is 18.0. The first-order valence-corrected chi connectivity index (χ1v) is 22.8. The maximum Gasteiger partial charge on any atom is 0.0726 e. The molecule has 0 saturated carbocycles. The number of hydrogen-bond acceptors (Lipinski definition) is 1. The predicted octanol–water partition coefficient (Wildman–Crippen LogP) is 16.1. The van der Waals surface area contributed by atoms with Gasteiger partial charge in [-0.3, -0.25) is 0 Å². The second kappa shape index (κ2) is 14.3. The van der Waals surface area contributed by atoms with E-state index in [0.717, 1.165) is 17.1 Å². The first-order chi connectivity index (χ1) is 32.1. The van der Waals surface area contributed by atoms with Gasteiger partial charge in [-0.15, -0.1) is 0 Å². The van der Waals surface area contributed by atoms with E-state index < -0.39 is 10.8 Å². The first-order valence-electron chi connectivity index (χ1n) is 22.8. The van der Waals surface area contributed by atoms with Crippen molar-refractivity contribution in [3.8, 4) is 44.5 Å². The van der Waals surface area contributed by atoms with Crippen molar-refractivity contribution in [1.29, 1.82) is 0 Å². The highest BCUT2D eigenvalue weighted by Crippen LogP contribution is 2.64. The monoisotopic (exact) mass is 827 g/mol. The number of nitrogens with zero attached hydrogens (tertiary/aromatic N) is 1. The van der Waals surface area contributed by atoms with Crippen molar-refractivity contribution in [3.05, 3.63) is 292 Å². The third-order valence-corrected chi connectivity index (χ3v) is 14.8. The molecule has 0 atom stereocenters. The fourth-order valence-electron chi connectivity index (χ4n) is 12.2. The van der Waals surface area contributed by atoms with Crippen LogP contribution in [0.4, 0.5) is 17.1 Å². The zero-order valence-electron chi connectivity index (χ0n) is 36.5. The molecule has 10 aromatic carbocycles. The van der Waals surface area contributed by atoms with Gasteiger partial charge in [0.25, 0.3) is 0 Å². The lowest BCUT2D eigenvalue weighted by molar-refractivity contribution is 0.768. The molecule has 0 unspecified atom stereocenters. The summed E-state index contributed by atoms with van der Waals surface area (Å²) in [5.74, 6) is 0. The summed E-state index contributed by atoms with van der Waals surface area (Å²) in [4.78, 5) is 2.52. The molecule has 3 aliphatic carbocycles. The van der Waals surface area contributed by atoms with Gasteiger partial charge in [-0.2, -0.15) is 0 Å². The minimum atomic E-state index is -0.526. The molecule has 0 fully saturated rings. The summed E-state index contributed by atoms with van der Waals surface area (Å²) in [5.41, 5.74) is 25.7. The zero-order valence-corrected chi connectivity index (χ0v) is 36.5. The molecule has 1 spiro atoms. The molecule has 1 nitrogen and oxygen atoms in total.